The maximum absolute atomic E-state index is 11.9. The highest BCUT2D eigenvalue weighted by atomic mass is 16.5. The summed E-state index contributed by atoms with van der Waals surface area (Å²) in [6, 6.07) is 1.76. The van der Waals surface area contributed by atoms with E-state index < -0.39 is 0 Å². The molecule has 0 radical (unpaired) electrons. The lowest BCUT2D eigenvalue weighted by atomic mass is 10.1. The Labute approximate surface area is 103 Å². The van der Waals surface area contributed by atoms with E-state index in [2.05, 4.69) is 4.98 Å². The minimum absolute atomic E-state index is 0.105. The molecule has 1 heterocycles. The first-order chi connectivity index (χ1) is 8.13. The summed E-state index contributed by atoms with van der Waals surface area (Å²) >= 11 is 0. The van der Waals surface area contributed by atoms with Crippen LogP contribution in [-0.2, 0) is 0 Å². The molecule has 0 saturated carbocycles. The van der Waals surface area contributed by atoms with Gasteiger partial charge in [0.25, 0.3) is 0 Å². The van der Waals surface area contributed by atoms with E-state index in [1.54, 1.807) is 18.5 Å². The Kier molecular flexibility index (Phi) is 5.63. The number of carbonyl (C=O) groups is 1. The molecule has 0 fully saturated rings. The SMILES string of the molecule is CCCOc1cncc(C(=O)CCN(C)C)c1. The maximum Gasteiger partial charge on any atom is 0.165 e. The highest BCUT2D eigenvalue weighted by molar-refractivity contribution is 5.96. The predicted molar refractivity (Wildman–Crippen MR) is 67.5 cm³/mol. The lowest BCUT2D eigenvalue weighted by Gasteiger charge is -2.09. The van der Waals surface area contributed by atoms with Crippen LogP contribution in [0.15, 0.2) is 18.5 Å². The largest absolute Gasteiger partial charge is 0.492 e. The second kappa shape index (κ2) is 7.01. The zero-order chi connectivity index (χ0) is 12.7. The van der Waals surface area contributed by atoms with Crippen LogP contribution < -0.4 is 4.74 Å². The van der Waals surface area contributed by atoms with Gasteiger partial charge in [-0.05, 0) is 26.6 Å². The van der Waals surface area contributed by atoms with Gasteiger partial charge in [-0.1, -0.05) is 6.92 Å². The van der Waals surface area contributed by atoms with Crippen molar-refractivity contribution in [3.8, 4) is 5.75 Å². The molecule has 4 heteroatoms. The molecule has 1 aromatic rings. The van der Waals surface area contributed by atoms with Gasteiger partial charge in [0.05, 0.1) is 12.8 Å². The lowest BCUT2D eigenvalue weighted by Crippen LogP contribution is -2.16. The van der Waals surface area contributed by atoms with Gasteiger partial charge in [-0.25, -0.2) is 0 Å². The number of hydrogen-bond acceptors (Lipinski definition) is 4. The van der Waals surface area contributed by atoms with Gasteiger partial charge in [-0.15, -0.1) is 0 Å². The summed E-state index contributed by atoms with van der Waals surface area (Å²) in [6.07, 6.45) is 4.68. The molecule has 0 unspecified atom stereocenters. The minimum Gasteiger partial charge on any atom is -0.492 e. The Morgan fingerprint density at radius 1 is 1.41 bits per heavy atom. The number of ether oxygens (including phenoxy) is 1. The number of rotatable bonds is 7. The van der Waals surface area contributed by atoms with Crippen molar-refractivity contribution >= 4 is 5.78 Å². The molecule has 0 aliphatic carbocycles. The molecule has 0 spiro atoms. The summed E-state index contributed by atoms with van der Waals surface area (Å²) in [5.74, 6) is 0.774. The van der Waals surface area contributed by atoms with E-state index in [9.17, 15) is 4.79 Å². The topological polar surface area (TPSA) is 42.4 Å². The van der Waals surface area contributed by atoms with Gasteiger partial charge >= 0.3 is 0 Å². The molecule has 0 aromatic carbocycles. The molecule has 0 atom stereocenters. The molecule has 0 aliphatic rings. The van der Waals surface area contributed by atoms with Crippen LogP contribution in [0.4, 0.5) is 0 Å². The average molecular weight is 236 g/mol. The van der Waals surface area contributed by atoms with E-state index >= 15 is 0 Å². The lowest BCUT2D eigenvalue weighted by molar-refractivity contribution is 0.0971. The summed E-state index contributed by atoms with van der Waals surface area (Å²) in [5.41, 5.74) is 0.625. The first-order valence-electron chi connectivity index (χ1n) is 5.89. The van der Waals surface area contributed by atoms with Crippen LogP contribution in [0.25, 0.3) is 0 Å². The summed E-state index contributed by atoms with van der Waals surface area (Å²) in [7, 11) is 3.90. The van der Waals surface area contributed by atoms with Gasteiger partial charge in [0, 0.05) is 24.7 Å². The number of Topliss-reactive ketones (excluding diaryl/α,β-unsaturated/α-hetero) is 1. The van der Waals surface area contributed by atoms with Crippen molar-refractivity contribution in [3.05, 3.63) is 24.0 Å². The van der Waals surface area contributed by atoms with Crippen molar-refractivity contribution in [2.45, 2.75) is 19.8 Å². The standard InChI is InChI=1S/C13H20N2O2/c1-4-7-17-12-8-11(9-14-10-12)13(16)5-6-15(2)3/h8-10H,4-7H2,1-3H3. The fourth-order valence-electron chi connectivity index (χ4n) is 1.34. The van der Waals surface area contributed by atoms with Crippen molar-refractivity contribution in [3.63, 3.8) is 0 Å². The van der Waals surface area contributed by atoms with Gasteiger partial charge in [0.15, 0.2) is 5.78 Å². The van der Waals surface area contributed by atoms with E-state index in [1.165, 1.54) is 0 Å². The van der Waals surface area contributed by atoms with Crippen LogP contribution in [-0.4, -0.2) is 42.9 Å². The molecule has 1 rings (SSSR count). The van der Waals surface area contributed by atoms with E-state index in [0.29, 0.717) is 24.3 Å². The summed E-state index contributed by atoms with van der Waals surface area (Å²) in [6.45, 7) is 3.44. The fourth-order valence-corrected chi connectivity index (χ4v) is 1.34. The number of aromatic nitrogens is 1. The Morgan fingerprint density at radius 3 is 2.82 bits per heavy atom. The quantitative estimate of drug-likeness (QED) is 0.679. The molecule has 1 aromatic heterocycles. The van der Waals surface area contributed by atoms with E-state index in [4.69, 9.17) is 4.74 Å². The summed E-state index contributed by atoms with van der Waals surface area (Å²) in [4.78, 5) is 17.9. The van der Waals surface area contributed by atoms with Crippen LogP contribution in [0, 0.1) is 0 Å². The van der Waals surface area contributed by atoms with Gasteiger partial charge < -0.3 is 9.64 Å². The Morgan fingerprint density at radius 2 is 2.18 bits per heavy atom. The molecule has 4 nitrogen and oxygen atoms in total. The van der Waals surface area contributed by atoms with Crippen molar-refractivity contribution in [1.82, 2.24) is 9.88 Å². The Balaban J connectivity index is 2.60. The van der Waals surface area contributed by atoms with Crippen molar-refractivity contribution in [2.75, 3.05) is 27.2 Å². The van der Waals surface area contributed by atoms with E-state index in [1.807, 2.05) is 25.9 Å². The zero-order valence-corrected chi connectivity index (χ0v) is 10.8. The monoisotopic (exact) mass is 236 g/mol. The van der Waals surface area contributed by atoms with Gasteiger partial charge in [0.1, 0.15) is 5.75 Å². The maximum atomic E-state index is 11.9. The Bertz CT molecular complexity index is 364. The number of pyridine rings is 1. The first kappa shape index (κ1) is 13.6. The van der Waals surface area contributed by atoms with Crippen LogP contribution >= 0.6 is 0 Å². The third-order valence-corrected chi connectivity index (χ3v) is 2.29. The van der Waals surface area contributed by atoms with Gasteiger partial charge in [-0.3, -0.25) is 9.78 Å². The van der Waals surface area contributed by atoms with Crippen molar-refractivity contribution < 1.29 is 9.53 Å². The molecular weight excluding hydrogens is 216 g/mol. The summed E-state index contributed by atoms with van der Waals surface area (Å²) < 4.78 is 5.45. The van der Waals surface area contributed by atoms with Gasteiger partial charge in [-0.2, -0.15) is 0 Å². The molecule has 0 N–H and O–H groups in total. The number of nitrogens with zero attached hydrogens (tertiary/aromatic N) is 2. The van der Waals surface area contributed by atoms with Crippen LogP contribution in [0.1, 0.15) is 30.1 Å². The highest BCUT2D eigenvalue weighted by Gasteiger charge is 2.08. The average Bonchev–Trinajstić information content (AvgIpc) is 2.33. The zero-order valence-electron chi connectivity index (χ0n) is 10.8. The second-order valence-electron chi connectivity index (χ2n) is 4.23. The summed E-state index contributed by atoms with van der Waals surface area (Å²) in [5, 5.41) is 0. The van der Waals surface area contributed by atoms with Gasteiger partial charge in [0.2, 0.25) is 0 Å². The predicted octanol–water partition coefficient (Wildman–Crippen LogP) is 2.00. The van der Waals surface area contributed by atoms with E-state index in [-0.39, 0.29) is 5.78 Å². The number of hydrogen-bond donors (Lipinski definition) is 0. The molecule has 17 heavy (non-hydrogen) atoms. The molecule has 0 aliphatic heterocycles. The third kappa shape index (κ3) is 4.95. The van der Waals surface area contributed by atoms with Crippen LogP contribution in [0.3, 0.4) is 0 Å². The second-order valence-corrected chi connectivity index (χ2v) is 4.23. The minimum atomic E-state index is 0.105. The normalized spacial score (nSPS) is 10.6. The molecule has 0 saturated heterocycles. The smallest absolute Gasteiger partial charge is 0.165 e. The van der Waals surface area contributed by atoms with Crippen molar-refractivity contribution in [1.29, 1.82) is 0 Å². The fraction of sp³-hybridized carbons (Fsp3) is 0.538. The molecule has 0 bridgehead atoms. The molecule has 94 valence electrons. The van der Waals surface area contributed by atoms with Crippen LogP contribution in [0.5, 0.6) is 5.75 Å². The van der Waals surface area contributed by atoms with Crippen molar-refractivity contribution in [2.24, 2.45) is 0 Å². The number of ketones is 1. The molecular formula is C13H20N2O2. The third-order valence-electron chi connectivity index (χ3n) is 2.29. The van der Waals surface area contributed by atoms with Crippen LogP contribution in [0.2, 0.25) is 0 Å². The molecule has 0 amide bonds. The first-order valence-corrected chi connectivity index (χ1v) is 5.89. The highest BCUT2D eigenvalue weighted by Crippen LogP contribution is 2.13. The number of carbonyl (C=O) groups excluding carboxylic acids is 1. The van der Waals surface area contributed by atoms with E-state index in [0.717, 1.165) is 13.0 Å². The Hall–Kier alpha value is -1.42.